The molecule has 3 N–H and O–H groups in total. The van der Waals surface area contributed by atoms with Gasteiger partial charge in [-0.2, -0.15) is 5.10 Å². The number of fused-ring (bicyclic) bond motifs is 1. The Morgan fingerprint density at radius 3 is 2.66 bits per heavy atom. The highest BCUT2D eigenvalue weighted by Gasteiger charge is 2.29. The smallest absolute Gasteiger partial charge is 0.318 e. The SMILES string of the molecule is C#CC(=O)Nc1ccccc1-c1n[nH]c2c1CN(C(=O)NCc1ccccc1)C2. The molecule has 0 saturated carbocycles. The van der Waals surface area contributed by atoms with Gasteiger partial charge in [-0.05, 0) is 17.6 Å². The van der Waals surface area contributed by atoms with E-state index in [0.717, 1.165) is 22.4 Å². The third kappa shape index (κ3) is 3.82. The summed E-state index contributed by atoms with van der Waals surface area (Å²) in [4.78, 5) is 25.9. The predicted octanol–water partition coefficient (Wildman–Crippen LogP) is 2.87. The summed E-state index contributed by atoms with van der Waals surface area (Å²) in [7, 11) is 0. The van der Waals surface area contributed by atoms with Gasteiger partial charge in [0, 0.05) is 17.7 Å². The van der Waals surface area contributed by atoms with Gasteiger partial charge in [0.2, 0.25) is 0 Å². The van der Waals surface area contributed by atoms with Crippen LogP contribution in [0.15, 0.2) is 54.6 Å². The number of aromatic amines is 1. The molecule has 0 aliphatic carbocycles. The Morgan fingerprint density at radius 2 is 1.86 bits per heavy atom. The summed E-state index contributed by atoms with van der Waals surface area (Å²) in [6.45, 7) is 1.34. The number of aromatic nitrogens is 2. The molecule has 1 aromatic heterocycles. The zero-order valence-electron chi connectivity index (χ0n) is 15.6. The van der Waals surface area contributed by atoms with Crippen LogP contribution in [0.2, 0.25) is 0 Å². The van der Waals surface area contributed by atoms with Crippen LogP contribution < -0.4 is 10.6 Å². The summed E-state index contributed by atoms with van der Waals surface area (Å²) in [5.41, 5.74) is 4.89. The number of para-hydroxylation sites is 1. The van der Waals surface area contributed by atoms with Crippen molar-refractivity contribution < 1.29 is 9.59 Å². The molecule has 4 rings (SSSR count). The maximum atomic E-state index is 12.6. The van der Waals surface area contributed by atoms with Crippen molar-refractivity contribution in [2.45, 2.75) is 19.6 Å². The molecule has 0 spiro atoms. The van der Waals surface area contributed by atoms with E-state index < -0.39 is 5.91 Å². The van der Waals surface area contributed by atoms with Crippen LogP contribution in [0.3, 0.4) is 0 Å². The maximum Gasteiger partial charge on any atom is 0.318 e. The third-order valence-electron chi connectivity index (χ3n) is 4.79. The maximum absolute atomic E-state index is 12.6. The lowest BCUT2D eigenvalue weighted by atomic mass is 10.0. The van der Waals surface area contributed by atoms with Crippen molar-refractivity contribution in [3.05, 3.63) is 71.4 Å². The summed E-state index contributed by atoms with van der Waals surface area (Å²) in [5.74, 6) is 1.53. The largest absolute Gasteiger partial charge is 0.334 e. The summed E-state index contributed by atoms with van der Waals surface area (Å²) >= 11 is 0. The number of anilines is 1. The number of carbonyl (C=O) groups is 2. The molecule has 0 saturated heterocycles. The van der Waals surface area contributed by atoms with Gasteiger partial charge in [0.05, 0.1) is 30.2 Å². The first-order chi connectivity index (χ1) is 14.2. The van der Waals surface area contributed by atoms with Crippen LogP contribution >= 0.6 is 0 Å². The second-order valence-electron chi connectivity index (χ2n) is 6.67. The van der Waals surface area contributed by atoms with Gasteiger partial charge in [-0.3, -0.25) is 9.89 Å². The van der Waals surface area contributed by atoms with E-state index >= 15 is 0 Å². The van der Waals surface area contributed by atoms with Crippen molar-refractivity contribution in [3.63, 3.8) is 0 Å². The normalized spacial score (nSPS) is 12.2. The van der Waals surface area contributed by atoms with E-state index in [4.69, 9.17) is 6.42 Å². The first-order valence-corrected chi connectivity index (χ1v) is 9.15. The number of urea groups is 1. The zero-order valence-corrected chi connectivity index (χ0v) is 15.6. The van der Waals surface area contributed by atoms with E-state index in [1.807, 2.05) is 54.5 Å². The van der Waals surface area contributed by atoms with Gasteiger partial charge >= 0.3 is 6.03 Å². The van der Waals surface area contributed by atoms with Crippen LogP contribution in [-0.2, 0) is 24.4 Å². The summed E-state index contributed by atoms with van der Waals surface area (Å²) in [5, 5.41) is 13.0. The standard InChI is InChI=1S/C22H19N5O2/c1-2-20(28)24-18-11-7-6-10-16(18)21-17-13-27(14-19(17)25-26-21)22(29)23-12-15-8-4-3-5-9-15/h1,3-11H,12-14H2,(H,23,29)(H,24,28)(H,25,26). The Labute approximate surface area is 168 Å². The van der Waals surface area contributed by atoms with Gasteiger partial charge in [0.25, 0.3) is 5.91 Å². The molecule has 0 atom stereocenters. The highest BCUT2D eigenvalue weighted by Crippen LogP contribution is 2.34. The summed E-state index contributed by atoms with van der Waals surface area (Å²) < 4.78 is 0. The number of benzene rings is 2. The lowest BCUT2D eigenvalue weighted by Crippen LogP contribution is -2.36. The fourth-order valence-electron chi connectivity index (χ4n) is 3.35. The minimum atomic E-state index is -0.522. The van der Waals surface area contributed by atoms with Crippen LogP contribution in [0.5, 0.6) is 0 Å². The van der Waals surface area contributed by atoms with E-state index in [2.05, 4.69) is 20.8 Å². The monoisotopic (exact) mass is 385 g/mol. The van der Waals surface area contributed by atoms with E-state index in [1.54, 1.807) is 11.0 Å². The Hall–Kier alpha value is -4.05. The average molecular weight is 385 g/mol. The molecule has 0 fully saturated rings. The number of hydrogen-bond acceptors (Lipinski definition) is 3. The molecule has 0 unspecified atom stereocenters. The van der Waals surface area contributed by atoms with Crippen molar-refractivity contribution in [2.24, 2.45) is 0 Å². The molecule has 29 heavy (non-hydrogen) atoms. The summed E-state index contributed by atoms with van der Waals surface area (Å²) in [6.07, 6.45) is 5.17. The quantitative estimate of drug-likeness (QED) is 0.603. The Kier molecular flexibility index (Phi) is 4.99. The lowest BCUT2D eigenvalue weighted by Gasteiger charge is -2.17. The third-order valence-corrected chi connectivity index (χ3v) is 4.79. The highest BCUT2D eigenvalue weighted by atomic mass is 16.2. The first kappa shape index (κ1) is 18.3. The van der Waals surface area contributed by atoms with Crippen molar-refractivity contribution >= 4 is 17.6 Å². The van der Waals surface area contributed by atoms with Crippen LogP contribution in [0, 0.1) is 12.3 Å². The van der Waals surface area contributed by atoms with Crippen molar-refractivity contribution in [1.29, 1.82) is 0 Å². The number of carbonyl (C=O) groups excluding carboxylic acids is 2. The van der Waals surface area contributed by atoms with Gasteiger partial charge < -0.3 is 15.5 Å². The van der Waals surface area contributed by atoms with E-state index in [-0.39, 0.29) is 6.03 Å². The Bertz CT molecular complexity index is 1100. The number of hydrogen-bond donors (Lipinski definition) is 3. The lowest BCUT2D eigenvalue weighted by molar-refractivity contribution is -0.111. The number of nitrogens with one attached hydrogen (secondary N) is 3. The average Bonchev–Trinajstić information content (AvgIpc) is 3.34. The molecule has 144 valence electrons. The second-order valence-corrected chi connectivity index (χ2v) is 6.67. The number of amides is 3. The molecule has 0 radical (unpaired) electrons. The molecule has 2 heterocycles. The van der Waals surface area contributed by atoms with Gasteiger partial charge in [0.1, 0.15) is 0 Å². The van der Waals surface area contributed by atoms with Gasteiger partial charge in [-0.25, -0.2) is 4.79 Å². The minimum absolute atomic E-state index is 0.140. The molecule has 1 aliphatic rings. The molecule has 3 aromatic rings. The van der Waals surface area contributed by atoms with Gasteiger partial charge in [-0.15, -0.1) is 6.42 Å². The van der Waals surface area contributed by atoms with Crippen molar-refractivity contribution in [2.75, 3.05) is 5.32 Å². The van der Waals surface area contributed by atoms with E-state index in [9.17, 15) is 9.59 Å². The van der Waals surface area contributed by atoms with Crippen molar-refractivity contribution in [3.8, 4) is 23.6 Å². The molecule has 7 heteroatoms. The molecular weight excluding hydrogens is 366 g/mol. The fourth-order valence-corrected chi connectivity index (χ4v) is 3.35. The van der Waals surface area contributed by atoms with Gasteiger partial charge in [0.15, 0.2) is 0 Å². The molecule has 2 aromatic carbocycles. The molecule has 1 aliphatic heterocycles. The molecule has 3 amide bonds. The number of H-pyrrole nitrogens is 1. The Balaban J connectivity index is 1.50. The topological polar surface area (TPSA) is 90.1 Å². The summed E-state index contributed by atoms with van der Waals surface area (Å²) in [6, 6.07) is 16.9. The Morgan fingerprint density at radius 1 is 1.10 bits per heavy atom. The van der Waals surface area contributed by atoms with Crippen LogP contribution in [0.4, 0.5) is 10.5 Å². The van der Waals surface area contributed by atoms with Crippen molar-refractivity contribution in [1.82, 2.24) is 20.4 Å². The van der Waals surface area contributed by atoms with Crippen LogP contribution in [-0.4, -0.2) is 27.0 Å². The number of nitrogens with zero attached hydrogens (tertiary/aromatic N) is 2. The minimum Gasteiger partial charge on any atom is -0.334 e. The fraction of sp³-hybridized carbons (Fsp3) is 0.136. The first-order valence-electron chi connectivity index (χ1n) is 9.15. The highest BCUT2D eigenvalue weighted by molar-refractivity contribution is 6.05. The van der Waals surface area contributed by atoms with Crippen LogP contribution in [0.25, 0.3) is 11.3 Å². The predicted molar refractivity (Wildman–Crippen MR) is 109 cm³/mol. The number of terminal acetylenes is 1. The van der Waals surface area contributed by atoms with E-state index in [1.165, 1.54) is 0 Å². The molecule has 0 bridgehead atoms. The zero-order chi connectivity index (χ0) is 20.2. The molecular formula is C22H19N5O2. The van der Waals surface area contributed by atoms with E-state index in [0.29, 0.717) is 31.0 Å². The second kappa shape index (κ2) is 7.90. The van der Waals surface area contributed by atoms with Crippen LogP contribution in [0.1, 0.15) is 16.8 Å². The number of rotatable bonds is 4. The van der Waals surface area contributed by atoms with Gasteiger partial charge in [-0.1, -0.05) is 48.5 Å². The molecule has 7 nitrogen and oxygen atoms in total.